The molecule has 1 amide bonds. The van der Waals surface area contributed by atoms with Gasteiger partial charge in [0.2, 0.25) is 0 Å². The number of halogens is 1. The zero-order valence-electron chi connectivity index (χ0n) is 11.0. The summed E-state index contributed by atoms with van der Waals surface area (Å²) in [7, 11) is 0. The Kier molecular flexibility index (Phi) is 3.85. The lowest BCUT2D eigenvalue weighted by Gasteiger charge is -2.11. The van der Waals surface area contributed by atoms with Crippen molar-refractivity contribution in [1.82, 2.24) is 15.6 Å². The van der Waals surface area contributed by atoms with Gasteiger partial charge in [0.1, 0.15) is 5.69 Å². The van der Waals surface area contributed by atoms with Crippen LogP contribution in [0, 0.1) is 0 Å². The third-order valence-corrected chi connectivity index (χ3v) is 3.88. The largest absolute Gasteiger partial charge is 0.349 e. The van der Waals surface area contributed by atoms with E-state index in [0.717, 1.165) is 18.4 Å². The number of para-hydroxylation sites is 1. The maximum Gasteiger partial charge on any atom is 0.269 e. The van der Waals surface area contributed by atoms with Crippen LogP contribution in [0.2, 0.25) is 5.02 Å². The highest BCUT2D eigenvalue weighted by molar-refractivity contribution is 6.35. The Morgan fingerprint density at radius 1 is 1.40 bits per heavy atom. The summed E-state index contributed by atoms with van der Waals surface area (Å²) in [4.78, 5) is 16.5. The number of hydrogen-bond acceptors (Lipinski definition) is 3. The van der Waals surface area contributed by atoms with E-state index < -0.39 is 0 Å². The van der Waals surface area contributed by atoms with E-state index in [2.05, 4.69) is 15.6 Å². The minimum Gasteiger partial charge on any atom is -0.349 e. The molecule has 104 valence electrons. The highest BCUT2D eigenvalue weighted by Crippen LogP contribution is 2.21. The van der Waals surface area contributed by atoms with Crippen molar-refractivity contribution >= 4 is 28.4 Å². The number of carbonyl (C=O) groups is 1. The fourth-order valence-electron chi connectivity index (χ4n) is 2.47. The van der Waals surface area contributed by atoms with E-state index in [-0.39, 0.29) is 5.91 Å². The maximum atomic E-state index is 12.1. The molecule has 1 fully saturated rings. The van der Waals surface area contributed by atoms with Crippen molar-refractivity contribution in [3.63, 3.8) is 0 Å². The summed E-state index contributed by atoms with van der Waals surface area (Å²) >= 11 is 6.11. The van der Waals surface area contributed by atoms with Gasteiger partial charge in [-0.25, -0.2) is 4.98 Å². The molecule has 0 unspecified atom stereocenters. The van der Waals surface area contributed by atoms with Gasteiger partial charge in [-0.05, 0) is 31.5 Å². The normalized spacial score (nSPS) is 18.4. The molecule has 0 spiro atoms. The van der Waals surface area contributed by atoms with E-state index in [1.807, 2.05) is 18.2 Å². The summed E-state index contributed by atoms with van der Waals surface area (Å²) in [5.74, 6) is -0.152. The summed E-state index contributed by atoms with van der Waals surface area (Å²) < 4.78 is 0. The van der Waals surface area contributed by atoms with Crippen molar-refractivity contribution in [2.75, 3.05) is 13.1 Å². The monoisotopic (exact) mass is 289 g/mol. The average molecular weight is 290 g/mol. The molecule has 0 aliphatic carbocycles. The van der Waals surface area contributed by atoms with Crippen molar-refractivity contribution in [1.29, 1.82) is 0 Å². The number of aromatic nitrogens is 1. The molecule has 1 atom stereocenters. The van der Waals surface area contributed by atoms with Crippen LogP contribution in [0.15, 0.2) is 30.3 Å². The highest BCUT2D eigenvalue weighted by atomic mass is 35.5. The first kappa shape index (κ1) is 13.3. The molecule has 2 heterocycles. The molecule has 0 radical (unpaired) electrons. The summed E-state index contributed by atoms with van der Waals surface area (Å²) in [5.41, 5.74) is 1.07. The van der Waals surface area contributed by atoms with Crippen molar-refractivity contribution in [3.05, 3.63) is 41.0 Å². The first-order chi connectivity index (χ1) is 9.74. The molecule has 2 N–H and O–H groups in total. The molecule has 20 heavy (non-hydrogen) atoms. The second-order valence-electron chi connectivity index (χ2n) is 5.01. The first-order valence-electron chi connectivity index (χ1n) is 6.81. The van der Waals surface area contributed by atoms with Gasteiger partial charge >= 0.3 is 0 Å². The minimum absolute atomic E-state index is 0.152. The van der Waals surface area contributed by atoms with Crippen LogP contribution in [-0.2, 0) is 0 Å². The maximum absolute atomic E-state index is 12.1. The number of rotatable bonds is 3. The smallest absolute Gasteiger partial charge is 0.269 e. The molecule has 1 aromatic carbocycles. The number of nitrogens with one attached hydrogen (secondary N) is 2. The molecule has 1 saturated heterocycles. The Morgan fingerprint density at radius 3 is 3.10 bits per heavy atom. The SMILES string of the molecule is O=C(NC[C@H]1CCCN1)c1ccc2cccc(Cl)c2n1. The summed E-state index contributed by atoms with van der Waals surface area (Å²) in [6, 6.07) is 9.56. The molecular formula is C15H16ClN3O. The third kappa shape index (κ3) is 2.76. The molecular weight excluding hydrogens is 274 g/mol. The van der Waals surface area contributed by atoms with Crippen LogP contribution >= 0.6 is 11.6 Å². The lowest BCUT2D eigenvalue weighted by molar-refractivity contribution is 0.0945. The number of pyridine rings is 1. The fourth-order valence-corrected chi connectivity index (χ4v) is 2.70. The molecule has 0 bridgehead atoms. The van der Waals surface area contributed by atoms with Crippen LogP contribution in [0.3, 0.4) is 0 Å². The highest BCUT2D eigenvalue weighted by Gasteiger charge is 2.16. The lowest BCUT2D eigenvalue weighted by atomic mass is 10.2. The Labute approximate surface area is 122 Å². The van der Waals surface area contributed by atoms with Gasteiger partial charge < -0.3 is 10.6 Å². The summed E-state index contributed by atoms with van der Waals surface area (Å²) in [6.45, 7) is 1.67. The van der Waals surface area contributed by atoms with Gasteiger partial charge in [-0.1, -0.05) is 29.8 Å². The summed E-state index contributed by atoms with van der Waals surface area (Å²) in [6.07, 6.45) is 2.28. The number of fused-ring (bicyclic) bond motifs is 1. The Bertz CT molecular complexity index is 638. The minimum atomic E-state index is -0.152. The van der Waals surface area contributed by atoms with E-state index in [1.165, 1.54) is 6.42 Å². The second-order valence-corrected chi connectivity index (χ2v) is 5.42. The van der Waals surface area contributed by atoms with E-state index in [1.54, 1.807) is 12.1 Å². The van der Waals surface area contributed by atoms with Gasteiger partial charge in [0, 0.05) is 18.0 Å². The Morgan fingerprint density at radius 2 is 2.30 bits per heavy atom. The van der Waals surface area contributed by atoms with Gasteiger partial charge in [-0.2, -0.15) is 0 Å². The number of carbonyl (C=O) groups excluding carboxylic acids is 1. The molecule has 5 heteroatoms. The van der Waals surface area contributed by atoms with Crippen LogP contribution in [0.5, 0.6) is 0 Å². The molecule has 2 aromatic rings. The van der Waals surface area contributed by atoms with E-state index in [4.69, 9.17) is 11.6 Å². The van der Waals surface area contributed by atoms with Crippen LogP contribution in [-0.4, -0.2) is 30.0 Å². The molecule has 1 aromatic heterocycles. The van der Waals surface area contributed by atoms with E-state index in [9.17, 15) is 4.79 Å². The molecule has 4 nitrogen and oxygen atoms in total. The fraction of sp³-hybridized carbons (Fsp3) is 0.333. The predicted molar refractivity (Wildman–Crippen MR) is 80.1 cm³/mol. The van der Waals surface area contributed by atoms with Crippen molar-refractivity contribution < 1.29 is 4.79 Å². The van der Waals surface area contributed by atoms with Gasteiger partial charge in [0.25, 0.3) is 5.91 Å². The topological polar surface area (TPSA) is 54.0 Å². The van der Waals surface area contributed by atoms with Gasteiger partial charge in [-0.15, -0.1) is 0 Å². The summed E-state index contributed by atoms with van der Waals surface area (Å²) in [5, 5.41) is 7.76. The van der Waals surface area contributed by atoms with Crippen molar-refractivity contribution in [3.8, 4) is 0 Å². The predicted octanol–water partition coefficient (Wildman–Crippen LogP) is 2.37. The van der Waals surface area contributed by atoms with E-state index in [0.29, 0.717) is 28.8 Å². The lowest BCUT2D eigenvalue weighted by Crippen LogP contribution is -2.37. The Hall–Kier alpha value is -1.65. The van der Waals surface area contributed by atoms with Crippen LogP contribution in [0.1, 0.15) is 23.3 Å². The van der Waals surface area contributed by atoms with Crippen molar-refractivity contribution in [2.24, 2.45) is 0 Å². The zero-order valence-corrected chi connectivity index (χ0v) is 11.8. The number of nitrogens with zero attached hydrogens (tertiary/aromatic N) is 1. The third-order valence-electron chi connectivity index (χ3n) is 3.58. The standard InChI is InChI=1S/C15H16ClN3O/c16-12-5-1-3-10-6-7-13(19-14(10)12)15(20)18-9-11-4-2-8-17-11/h1,3,5-7,11,17H,2,4,8-9H2,(H,18,20)/t11-/m1/s1. The second kappa shape index (κ2) is 5.77. The molecule has 1 aliphatic rings. The van der Waals surface area contributed by atoms with Gasteiger partial charge in [0.15, 0.2) is 0 Å². The molecule has 3 rings (SSSR count). The number of benzene rings is 1. The Balaban J connectivity index is 1.75. The van der Waals surface area contributed by atoms with Crippen molar-refractivity contribution in [2.45, 2.75) is 18.9 Å². The first-order valence-corrected chi connectivity index (χ1v) is 7.19. The van der Waals surface area contributed by atoms with Gasteiger partial charge in [-0.3, -0.25) is 4.79 Å². The van der Waals surface area contributed by atoms with Crippen LogP contribution in [0.25, 0.3) is 10.9 Å². The zero-order chi connectivity index (χ0) is 13.9. The average Bonchev–Trinajstić information content (AvgIpc) is 2.98. The number of amides is 1. The quantitative estimate of drug-likeness (QED) is 0.912. The number of hydrogen-bond donors (Lipinski definition) is 2. The van der Waals surface area contributed by atoms with E-state index >= 15 is 0 Å². The van der Waals surface area contributed by atoms with Crippen LogP contribution < -0.4 is 10.6 Å². The van der Waals surface area contributed by atoms with Gasteiger partial charge in [0.05, 0.1) is 10.5 Å². The van der Waals surface area contributed by atoms with Crippen LogP contribution in [0.4, 0.5) is 0 Å². The molecule has 0 saturated carbocycles. The molecule has 1 aliphatic heterocycles.